The zero-order chi connectivity index (χ0) is 15.3. The molecule has 2 aromatic rings. The molecule has 0 aliphatic carbocycles. The van der Waals surface area contributed by atoms with Crippen LogP contribution in [0.5, 0.6) is 0 Å². The highest BCUT2D eigenvalue weighted by atomic mass is 32.2. The molecule has 4 nitrogen and oxygen atoms in total. The molecule has 114 valence electrons. The first kappa shape index (κ1) is 16.1. The summed E-state index contributed by atoms with van der Waals surface area (Å²) in [6, 6.07) is 9.93. The van der Waals surface area contributed by atoms with Crippen LogP contribution in [0.25, 0.3) is 11.3 Å². The van der Waals surface area contributed by atoms with Gasteiger partial charge in [0.05, 0.1) is 5.69 Å². The zero-order valence-electron chi connectivity index (χ0n) is 12.3. The first-order valence-electron chi connectivity index (χ1n) is 6.92. The molecule has 2 rings (SSSR count). The van der Waals surface area contributed by atoms with E-state index in [1.165, 1.54) is 17.6 Å². The second-order valence-corrected chi connectivity index (χ2v) is 8.23. The highest BCUT2D eigenvalue weighted by Gasteiger charge is 2.15. The highest BCUT2D eigenvalue weighted by Crippen LogP contribution is 2.29. The molecule has 1 N–H and O–H groups in total. The van der Waals surface area contributed by atoms with Gasteiger partial charge in [-0.2, -0.15) is 0 Å². The van der Waals surface area contributed by atoms with Gasteiger partial charge in [-0.3, -0.25) is 0 Å². The third-order valence-corrected chi connectivity index (χ3v) is 5.05. The van der Waals surface area contributed by atoms with Crippen LogP contribution in [0.15, 0.2) is 30.3 Å². The Morgan fingerprint density at radius 3 is 2.57 bits per heavy atom. The summed E-state index contributed by atoms with van der Waals surface area (Å²) in [5.41, 5.74) is 1.96. The number of aromatic nitrogens is 1. The molecule has 0 saturated carbocycles. The van der Waals surface area contributed by atoms with E-state index in [-0.39, 0.29) is 5.75 Å². The van der Waals surface area contributed by atoms with Crippen LogP contribution in [-0.4, -0.2) is 32.7 Å². The van der Waals surface area contributed by atoms with E-state index >= 15 is 0 Å². The fourth-order valence-corrected chi connectivity index (χ4v) is 4.33. The molecule has 1 heterocycles. The van der Waals surface area contributed by atoms with E-state index < -0.39 is 9.84 Å². The first-order valence-corrected chi connectivity index (χ1v) is 9.79. The molecule has 1 aromatic heterocycles. The van der Waals surface area contributed by atoms with Crippen LogP contribution in [0.1, 0.15) is 16.8 Å². The van der Waals surface area contributed by atoms with Crippen molar-refractivity contribution in [2.75, 3.05) is 19.3 Å². The van der Waals surface area contributed by atoms with Crippen molar-refractivity contribution in [1.29, 1.82) is 0 Å². The molecule has 0 aliphatic rings. The number of nitrogens with zero attached hydrogens (tertiary/aromatic N) is 1. The van der Waals surface area contributed by atoms with Crippen molar-refractivity contribution in [2.24, 2.45) is 0 Å². The number of hydrogen-bond acceptors (Lipinski definition) is 5. The summed E-state index contributed by atoms with van der Waals surface area (Å²) in [4.78, 5) is 5.70. The SMILES string of the molecule is CCNCCc1sc(CS(C)(=O)=O)nc1-c1ccccc1. The third kappa shape index (κ3) is 4.91. The van der Waals surface area contributed by atoms with Crippen LogP contribution in [0.2, 0.25) is 0 Å². The van der Waals surface area contributed by atoms with Crippen LogP contribution in [0.3, 0.4) is 0 Å². The van der Waals surface area contributed by atoms with Gasteiger partial charge in [-0.1, -0.05) is 37.3 Å². The largest absolute Gasteiger partial charge is 0.317 e. The highest BCUT2D eigenvalue weighted by molar-refractivity contribution is 7.90. The van der Waals surface area contributed by atoms with Crippen molar-refractivity contribution < 1.29 is 8.42 Å². The molecular weight excluding hydrogens is 304 g/mol. The summed E-state index contributed by atoms with van der Waals surface area (Å²) in [5.74, 6) is 0.0126. The second kappa shape index (κ2) is 7.15. The number of thiazole rings is 1. The van der Waals surface area contributed by atoms with Crippen molar-refractivity contribution in [3.63, 3.8) is 0 Å². The topological polar surface area (TPSA) is 59.1 Å². The summed E-state index contributed by atoms with van der Waals surface area (Å²) in [7, 11) is -3.06. The smallest absolute Gasteiger partial charge is 0.153 e. The Kier molecular flexibility index (Phi) is 5.50. The summed E-state index contributed by atoms with van der Waals surface area (Å²) in [6.45, 7) is 3.87. The Hall–Kier alpha value is -1.24. The maximum atomic E-state index is 11.5. The molecule has 0 spiro atoms. The molecular formula is C15H20N2O2S2. The lowest BCUT2D eigenvalue weighted by atomic mass is 10.1. The minimum atomic E-state index is -3.06. The zero-order valence-corrected chi connectivity index (χ0v) is 13.9. The fourth-order valence-electron chi connectivity index (χ4n) is 2.06. The lowest BCUT2D eigenvalue weighted by Crippen LogP contribution is -2.15. The Labute approximate surface area is 130 Å². The Balaban J connectivity index is 2.31. The first-order chi connectivity index (χ1) is 9.99. The molecule has 0 atom stereocenters. The Morgan fingerprint density at radius 1 is 1.24 bits per heavy atom. The molecule has 0 amide bonds. The fraction of sp³-hybridized carbons (Fsp3) is 0.400. The van der Waals surface area contributed by atoms with Crippen molar-refractivity contribution >= 4 is 21.2 Å². The number of nitrogens with one attached hydrogen (secondary N) is 1. The van der Waals surface area contributed by atoms with Gasteiger partial charge in [0, 0.05) is 23.2 Å². The maximum Gasteiger partial charge on any atom is 0.153 e. The van der Waals surface area contributed by atoms with E-state index in [0.29, 0.717) is 5.01 Å². The standard InChI is InChI=1S/C15H20N2O2S2/c1-3-16-10-9-13-15(12-7-5-4-6-8-12)17-14(20-13)11-21(2,18)19/h4-8,16H,3,9-11H2,1-2H3. The number of benzene rings is 1. The van der Waals surface area contributed by atoms with E-state index in [4.69, 9.17) is 0 Å². The van der Waals surface area contributed by atoms with Gasteiger partial charge in [-0.05, 0) is 13.0 Å². The Morgan fingerprint density at radius 2 is 1.95 bits per heavy atom. The van der Waals surface area contributed by atoms with Gasteiger partial charge in [0.1, 0.15) is 10.8 Å². The summed E-state index contributed by atoms with van der Waals surface area (Å²) >= 11 is 1.50. The summed E-state index contributed by atoms with van der Waals surface area (Å²) in [5, 5.41) is 3.96. The van der Waals surface area contributed by atoms with Crippen LogP contribution in [0.4, 0.5) is 0 Å². The van der Waals surface area contributed by atoms with Gasteiger partial charge >= 0.3 is 0 Å². The van der Waals surface area contributed by atoms with E-state index in [2.05, 4.69) is 17.2 Å². The number of rotatable bonds is 7. The van der Waals surface area contributed by atoms with E-state index in [9.17, 15) is 8.42 Å². The van der Waals surface area contributed by atoms with Crippen LogP contribution < -0.4 is 5.32 Å². The molecule has 0 unspecified atom stereocenters. The monoisotopic (exact) mass is 324 g/mol. The number of hydrogen-bond donors (Lipinski definition) is 1. The van der Waals surface area contributed by atoms with Gasteiger partial charge < -0.3 is 5.32 Å². The molecule has 1 aromatic carbocycles. The van der Waals surface area contributed by atoms with Gasteiger partial charge in [0.2, 0.25) is 0 Å². The van der Waals surface area contributed by atoms with E-state index in [1.807, 2.05) is 30.3 Å². The quantitative estimate of drug-likeness (QED) is 0.795. The van der Waals surface area contributed by atoms with Crippen molar-refractivity contribution in [3.8, 4) is 11.3 Å². The van der Waals surface area contributed by atoms with Crippen molar-refractivity contribution in [1.82, 2.24) is 10.3 Å². The lowest BCUT2D eigenvalue weighted by molar-refractivity contribution is 0.601. The Bertz CT molecular complexity index is 679. The number of likely N-dealkylation sites (N-methyl/N-ethyl adjacent to an activating group) is 1. The molecule has 6 heteroatoms. The third-order valence-electron chi connectivity index (χ3n) is 2.95. The van der Waals surface area contributed by atoms with Gasteiger partial charge in [-0.15, -0.1) is 11.3 Å². The van der Waals surface area contributed by atoms with Crippen molar-refractivity contribution in [3.05, 3.63) is 40.2 Å². The van der Waals surface area contributed by atoms with Gasteiger partial charge in [0.25, 0.3) is 0 Å². The molecule has 0 saturated heterocycles. The van der Waals surface area contributed by atoms with Crippen LogP contribution >= 0.6 is 11.3 Å². The second-order valence-electron chi connectivity index (χ2n) is 4.92. The predicted molar refractivity (Wildman–Crippen MR) is 88.3 cm³/mol. The van der Waals surface area contributed by atoms with Crippen LogP contribution in [0, 0.1) is 0 Å². The van der Waals surface area contributed by atoms with Gasteiger partial charge in [-0.25, -0.2) is 13.4 Å². The maximum absolute atomic E-state index is 11.5. The molecule has 0 bridgehead atoms. The predicted octanol–water partition coefficient (Wildman–Crippen LogP) is 2.51. The summed E-state index contributed by atoms with van der Waals surface area (Å²) < 4.78 is 22.9. The summed E-state index contributed by atoms with van der Waals surface area (Å²) in [6.07, 6.45) is 2.11. The molecule has 0 aliphatic heterocycles. The molecule has 0 fully saturated rings. The lowest BCUT2D eigenvalue weighted by Gasteiger charge is -2.03. The van der Waals surface area contributed by atoms with Gasteiger partial charge in [0.15, 0.2) is 9.84 Å². The minimum absolute atomic E-state index is 0.0126. The molecule has 21 heavy (non-hydrogen) atoms. The average molecular weight is 324 g/mol. The normalized spacial score (nSPS) is 11.7. The van der Waals surface area contributed by atoms with Crippen molar-refractivity contribution in [2.45, 2.75) is 19.1 Å². The minimum Gasteiger partial charge on any atom is -0.317 e. The molecule has 0 radical (unpaired) electrons. The van der Waals surface area contributed by atoms with E-state index in [0.717, 1.165) is 35.6 Å². The van der Waals surface area contributed by atoms with Crippen LogP contribution in [-0.2, 0) is 22.0 Å². The number of sulfone groups is 1. The van der Waals surface area contributed by atoms with E-state index in [1.54, 1.807) is 0 Å². The average Bonchev–Trinajstić information content (AvgIpc) is 2.81.